The summed E-state index contributed by atoms with van der Waals surface area (Å²) < 4.78 is 1.20. The standard InChI is InChI=1S/C25H45BrO2/c1-23(2)19-15-13-11-9-7-5-3-4-6-8-10-12-14-16-20-24(26)21-17-18-22-25(27)28/h12,14,21,23H,3-11,13,15-20,22H2,1-2H3,(H,27,28). The fourth-order valence-electron chi connectivity index (χ4n) is 3.30. The van der Waals surface area contributed by atoms with Gasteiger partial charge >= 0.3 is 5.97 Å². The lowest BCUT2D eigenvalue weighted by atomic mass is 10.0. The van der Waals surface area contributed by atoms with Crippen LogP contribution in [0.5, 0.6) is 0 Å². The highest BCUT2D eigenvalue weighted by Gasteiger charge is 1.97. The van der Waals surface area contributed by atoms with E-state index in [9.17, 15) is 4.79 Å². The van der Waals surface area contributed by atoms with Crippen LogP contribution >= 0.6 is 15.9 Å². The Morgan fingerprint density at radius 2 is 1.29 bits per heavy atom. The Bertz CT molecular complexity index is 413. The van der Waals surface area contributed by atoms with Crippen molar-refractivity contribution in [3.8, 4) is 0 Å². The predicted molar refractivity (Wildman–Crippen MR) is 127 cm³/mol. The molecule has 0 aliphatic carbocycles. The van der Waals surface area contributed by atoms with Crippen LogP contribution in [0.1, 0.15) is 123 Å². The van der Waals surface area contributed by atoms with Gasteiger partial charge in [-0.2, -0.15) is 0 Å². The number of allylic oxidation sites excluding steroid dienone is 4. The zero-order valence-electron chi connectivity index (χ0n) is 18.6. The Hall–Kier alpha value is -0.570. The van der Waals surface area contributed by atoms with E-state index in [1.54, 1.807) is 0 Å². The van der Waals surface area contributed by atoms with Crippen LogP contribution in [0.15, 0.2) is 22.7 Å². The summed E-state index contributed by atoms with van der Waals surface area (Å²) >= 11 is 3.57. The summed E-state index contributed by atoms with van der Waals surface area (Å²) in [6.45, 7) is 4.64. The van der Waals surface area contributed by atoms with Crippen molar-refractivity contribution in [3.63, 3.8) is 0 Å². The highest BCUT2D eigenvalue weighted by molar-refractivity contribution is 9.11. The van der Waals surface area contributed by atoms with Gasteiger partial charge in [-0.1, -0.05) is 112 Å². The molecule has 0 bridgehead atoms. The van der Waals surface area contributed by atoms with Crippen molar-refractivity contribution in [1.29, 1.82) is 0 Å². The van der Waals surface area contributed by atoms with E-state index < -0.39 is 5.97 Å². The van der Waals surface area contributed by atoms with E-state index in [0.29, 0.717) is 0 Å². The van der Waals surface area contributed by atoms with Crippen LogP contribution in [-0.2, 0) is 4.79 Å². The van der Waals surface area contributed by atoms with Crippen molar-refractivity contribution in [2.45, 2.75) is 123 Å². The van der Waals surface area contributed by atoms with Crippen LogP contribution in [-0.4, -0.2) is 11.1 Å². The lowest BCUT2D eigenvalue weighted by Crippen LogP contribution is -1.92. The highest BCUT2D eigenvalue weighted by atomic mass is 79.9. The SMILES string of the molecule is CC(C)CCCCCCCCCCCCC=CCCC(Br)=CCCCC(=O)O. The molecule has 0 amide bonds. The Morgan fingerprint density at radius 1 is 0.750 bits per heavy atom. The molecule has 3 heteroatoms. The highest BCUT2D eigenvalue weighted by Crippen LogP contribution is 2.16. The van der Waals surface area contributed by atoms with E-state index in [0.717, 1.165) is 31.6 Å². The average Bonchev–Trinajstić information content (AvgIpc) is 2.64. The molecule has 0 aliphatic rings. The molecular weight excluding hydrogens is 412 g/mol. The van der Waals surface area contributed by atoms with Crippen LogP contribution in [0, 0.1) is 5.92 Å². The summed E-state index contributed by atoms with van der Waals surface area (Å²) in [5.74, 6) is 0.162. The maximum Gasteiger partial charge on any atom is 0.303 e. The Morgan fingerprint density at radius 3 is 1.86 bits per heavy atom. The van der Waals surface area contributed by atoms with E-state index in [4.69, 9.17) is 5.11 Å². The molecular formula is C25H45BrO2. The van der Waals surface area contributed by atoms with Gasteiger partial charge in [-0.3, -0.25) is 4.79 Å². The van der Waals surface area contributed by atoms with Gasteiger partial charge in [-0.25, -0.2) is 0 Å². The predicted octanol–water partition coefficient (Wildman–Crippen LogP) is 9.19. The zero-order chi connectivity index (χ0) is 20.9. The molecule has 0 radical (unpaired) electrons. The van der Waals surface area contributed by atoms with Crippen molar-refractivity contribution in [3.05, 3.63) is 22.7 Å². The number of carboxylic acid groups (broad SMARTS) is 1. The molecule has 0 aromatic carbocycles. The quantitative estimate of drug-likeness (QED) is 0.146. The zero-order valence-corrected chi connectivity index (χ0v) is 20.1. The monoisotopic (exact) mass is 456 g/mol. The number of halogens is 1. The molecule has 0 aliphatic heterocycles. The minimum absolute atomic E-state index is 0.259. The van der Waals surface area contributed by atoms with E-state index in [-0.39, 0.29) is 6.42 Å². The molecule has 164 valence electrons. The molecule has 0 spiro atoms. The first-order valence-corrected chi connectivity index (χ1v) is 12.5. The first-order valence-electron chi connectivity index (χ1n) is 11.7. The molecule has 1 N–H and O–H groups in total. The van der Waals surface area contributed by atoms with Gasteiger partial charge in [0.2, 0.25) is 0 Å². The smallest absolute Gasteiger partial charge is 0.303 e. The summed E-state index contributed by atoms with van der Waals surface area (Å²) in [4.78, 5) is 10.4. The van der Waals surface area contributed by atoms with Gasteiger partial charge in [0.1, 0.15) is 0 Å². The van der Waals surface area contributed by atoms with Crippen LogP contribution in [0.25, 0.3) is 0 Å². The lowest BCUT2D eigenvalue weighted by Gasteiger charge is -2.04. The minimum Gasteiger partial charge on any atom is -0.481 e. The molecule has 28 heavy (non-hydrogen) atoms. The number of hydrogen-bond donors (Lipinski definition) is 1. The molecule has 0 saturated heterocycles. The van der Waals surface area contributed by atoms with Crippen molar-refractivity contribution < 1.29 is 9.90 Å². The Kier molecular flexibility index (Phi) is 20.7. The van der Waals surface area contributed by atoms with E-state index in [1.165, 1.54) is 81.5 Å². The third-order valence-electron chi connectivity index (χ3n) is 5.08. The van der Waals surface area contributed by atoms with Gasteiger partial charge < -0.3 is 5.11 Å². The third-order valence-corrected chi connectivity index (χ3v) is 5.80. The fourth-order valence-corrected chi connectivity index (χ4v) is 3.76. The van der Waals surface area contributed by atoms with Crippen molar-refractivity contribution >= 4 is 21.9 Å². The summed E-state index contributed by atoms with van der Waals surface area (Å²) in [5.41, 5.74) is 0. The molecule has 0 rings (SSSR count). The Balaban J connectivity index is 3.29. The van der Waals surface area contributed by atoms with Gasteiger partial charge in [0.25, 0.3) is 0 Å². The topological polar surface area (TPSA) is 37.3 Å². The van der Waals surface area contributed by atoms with Crippen molar-refractivity contribution in [2.75, 3.05) is 0 Å². The van der Waals surface area contributed by atoms with Crippen molar-refractivity contribution in [2.24, 2.45) is 5.92 Å². The molecule has 0 fully saturated rings. The number of unbranched alkanes of at least 4 members (excludes halogenated alkanes) is 11. The van der Waals surface area contributed by atoms with E-state index >= 15 is 0 Å². The number of carboxylic acids is 1. The largest absolute Gasteiger partial charge is 0.481 e. The van der Waals surface area contributed by atoms with E-state index in [2.05, 4.69) is 48.0 Å². The first-order chi connectivity index (χ1) is 13.5. The van der Waals surface area contributed by atoms with E-state index in [1.807, 2.05) is 0 Å². The summed E-state index contributed by atoms with van der Waals surface area (Å²) in [7, 11) is 0. The van der Waals surface area contributed by atoms with Crippen LogP contribution in [0.3, 0.4) is 0 Å². The van der Waals surface area contributed by atoms with Gasteiger partial charge in [0.05, 0.1) is 0 Å². The normalized spacial score (nSPS) is 12.4. The molecule has 0 unspecified atom stereocenters. The maximum absolute atomic E-state index is 10.4. The van der Waals surface area contributed by atoms with Crippen LogP contribution in [0.4, 0.5) is 0 Å². The van der Waals surface area contributed by atoms with Gasteiger partial charge in [-0.05, 0) is 48.9 Å². The Labute approximate surface area is 183 Å². The number of hydrogen-bond acceptors (Lipinski definition) is 1. The average molecular weight is 458 g/mol. The lowest BCUT2D eigenvalue weighted by molar-refractivity contribution is -0.137. The second-order valence-corrected chi connectivity index (χ2v) is 9.47. The molecule has 0 atom stereocenters. The maximum atomic E-state index is 10.4. The third kappa shape index (κ3) is 23.5. The molecule has 0 saturated carbocycles. The molecule has 2 nitrogen and oxygen atoms in total. The summed E-state index contributed by atoms with van der Waals surface area (Å²) in [6, 6.07) is 0. The molecule has 0 aromatic rings. The van der Waals surface area contributed by atoms with Gasteiger partial charge in [0.15, 0.2) is 0 Å². The van der Waals surface area contributed by atoms with Gasteiger partial charge in [-0.15, -0.1) is 0 Å². The summed E-state index contributed by atoms with van der Waals surface area (Å²) in [5, 5.41) is 8.60. The molecule has 0 heterocycles. The first kappa shape index (κ1) is 27.4. The number of carbonyl (C=O) groups is 1. The van der Waals surface area contributed by atoms with Crippen LogP contribution < -0.4 is 0 Å². The summed E-state index contributed by atoms with van der Waals surface area (Å²) in [6.07, 6.45) is 27.3. The number of rotatable bonds is 20. The van der Waals surface area contributed by atoms with Gasteiger partial charge in [0, 0.05) is 6.42 Å². The second-order valence-electron chi connectivity index (χ2n) is 8.45. The fraction of sp³-hybridized carbons (Fsp3) is 0.800. The second kappa shape index (κ2) is 21.1. The molecule has 0 aromatic heterocycles. The number of aliphatic carboxylic acids is 1. The minimum atomic E-state index is -0.708. The van der Waals surface area contributed by atoms with Crippen LogP contribution in [0.2, 0.25) is 0 Å². The van der Waals surface area contributed by atoms with Crippen molar-refractivity contribution in [1.82, 2.24) is 0 Å².